The van der Waals surface area contributed by atoms with Crippen LogP contribution < -0.4 is 4.90 Å². The molecule has 3 rings (SSSR count). The van der Waals surface area contributed by atoms with Crippen molar-refractivity contribution in [2.45, 2.75) is 13.8 Å². The molecule has 3 heterocycles. The maximum Gasteiger partial charge on any atom is 0.409 e. The number of anilines is 1. The fraction of sp³-hybridized carbons (Fsp3) is 0.647. The Morgan fingerprint density at radius 3 is 2.38 bits per heavy atom. The number of amides is 2. The summed E-state index contributed by atoms with van der Waals surface area (Å²) in [6.07, 6.45) is -0.327. The van der Waals surface area contributed by atoms with Gasteiger partial charge in [-0.05, 0) is 19.9 Å². The van der Waals surface area contributed by atoms with Crippen LogP contribution in [0.3, 0.4) is 0 Å². The van der Waals surface area contributed by atoms with Gasteiger partial charge < -0.3 is 24.2 Å². The quantitative estimate of drug-likeness (QED) is 0.774. The summed E-state index contributed by atoms with van der Waals surface area (Å²) in [5.74, 6) is 0.440. The lowest BCUT2D eigenvalue weighted by molar-refractivity contribution is 0.0565. The van der Waals surface area contributed by atoms with Gasteiger partial charge in [-0.25, -0.2) is 14.8 Å². The molecule has 26 heavy (non-hydrogen) atoms. The molecule has 2 amide bonds. The minimum atomic E-state index is -0.327. The summed E-state index contributed by atoms with van der Waals surface area (Å²) >= 11 is 0. The van der Waals surface area contributed by atoms with Gasteiger partial charge in [-0.2, -0.15) is 0 Å². The molecular weight excluding hydrogens is 338 g/mol. The number of nitrogens with zero attached hydrogens (tertiary/aromatic N) is 5. The number of carbonyl (C=O) groups is 2. The number of piperazine rings is 1. The summed E-state index contributed by atoms with van der Waals surface area (Å²) < 4.78 is 10.4. The Morgan fingerprint density at radius 1 is 1.08 bits per heavy atom. The van der Waals surface area contributed by atoms with Crippen molar-refractivity contribution in [3.63, 3.8) is 0 Å². The highest BCUT2D eigenvalue weighted by atomic mass is 16.6. The highest BCUT2D eigenvalue weighted by Crippen LogP contribution is 2.15. The van der Waals surface area contributed by atoms with Crippen LogP contribution in [-0.4, -0.2) is 90.9 Å². The molecular formula is C17H25N5O4. The fourth-order valence-electron chi connectivity index (χ4n) is 3.04. The van der Waals surface area contributed by atoms with Crippen LogP contribution in [-0.2, 0) is 9.47 Å². The molecule has 0 radical (unpaired) electrons. The zero-order valence-electron chi connectivity index (χ0n) is 15.3. The number of ether oxygens (including phenoxy) is 2. The SMILES string of the molecule is CCOC(=O)N1CCN(C(=O)c2cc(C)nc(N3CCOCC3)n2)CC1. The lowest BCUT2D eigenvalue weighted by atomic mass is 10.2. The molecule has 0 aliphatic carbocycles. The average Bonchev–Trinajstić information content (AvgIpc) is 2.68. The third-order valence-corrected chi connectivity index (χ3v) is 4.45. The molecule has 0 bridgehead atoms. The fourth-order valence-corrected chi connectivity index (χ4v) is 3.04. The lowest BCUT2D eigenvalue weighted by Gasteiger charge is -2.34. The molecule has 0 saturated carbocycles. The van der Waals surface area contributed by atoms with Crippen LogP contribution in [0.1, 0.15) is 23.1 Å². The first kappa shape index (κ1) is 18.4. The molecule has 0 atom stereocenters. The number of rotatable bonds is 3. The van der Waals surface area contributed by atoms with Gasteiger partial charge in [0.15, 0.2) is 0 Å². The van der Waals surface area contributed by atoms with Crippen LogP contribution in [0.2, 0.25) is 0 Å². The van der Waals surface area contributed by atoms with E-state index in [0.717, 1.165) is 18.8 Å². The Hall–Kier alpha value is -2.42. The molecule has 9 heteroatoms. The monoisotopic (exact) mass is 363 g/mol. The minimum absolute atomic E-state index is 0.131. The second-order valence-corrected chi connectivity index (χ2v) is 6.27. The van der Waals surface area contributed by atoms with E-state index in [-0.39, 0.29) is 12.0 Å². The molecule has 1 aromatic rings. The summed E-state index contributed by atoms with van der Waals surface area (Å²) in [4.78, 5) is 38.9. The van der Waals surface area contributed by atoms with E-state index in [4.69, 9.17) is 9.47 Å². The number of aromatic nitrogens is 2. The van der Waals surface area contributed by atoms with Gasteiger partial charge >= 0.3 is 6.09 Å². The Bertz CT molecular complexity index is 655. The van der Waals surface area contributed by atoms with Gasteiger partial charge in [0.05, 0.1) is 19.8 Å². The van der Waals surface area contributed by atoms with E-state index in [1.54, 1.807) is 22.8 Å². The molecule has 0 aromatic carbocycles. The number of hydrogen-bond acceptors (Lipinski definition) is 7. The molecule has 2 fully saturated rings. The van der Waals surface area contributed by atoms with Crippen molar-refractivity contribution < 1.29 is 19.1 Å². The Morgan fingerprint density at radius 2 is 1.73 bits per heavy atom. The maximum atomic E-state index is 12.8. The van der Waals surface area contributed by atoms with E-state index >= 15 is 0 Å². The minimum Gasteiger partial charge on any atom is -0.450 e. The van der Waals surface area contributed by atoms with Gasteiger partial charge in [-0.1, -0.05) is 0 Å². The van der Waals surface area contributed by atoms with Gasteiger partial charge in [0.25, 0.3) is 5.91 Å². The maximum absolute atomic E-state index is 12.8. The zero-order chi connectivity index (χ0) is 18.5. The van der Waals surface area contributed by atoms with Crippen molar-refractivity contribution in [3.05, 3.63) is 17.5 Å². The predicted octanol–water partition coefficient (Wildman–Crippen LogP) is 0.536. The van der Waals surface area contributed by atoms with E-state index in [0.29, 0.717) is 57.6 Å². The van der Waals surface area contributed by atoms with Gasteiger partial charge in [0.2, 0.25) is 5.95 Å². The zero-order valence-corrected chi connectivity index (χ0v) is 15.3. The Balaban J connectivity index is 1.66. The average molecular weight is 363 g/mol. The molecule has 1 aromatic heterocycles. The summed E-state index contributed by atoms with van der Waals surface area (Å²) in [6, 6.07) is 1.71. The first-order valence-electron chi connectivity index (χ1n) is 8.98. The highest BCUT2D eigenvalue weighted by Gasteiger charge is 2.27. The van der Waals surface area contributed by atoms with Crippen molar-refractivity contribution >= 4 is 17.9 Å². The van der Waals surface area contributed by atoms with Crippen LogP contribution in [0.5, 0.6) is 0 Å². The van der Waals surface area contributed by atoms with Crippen LogP contribution >= 0.6 is 0 Å². The van der Waals surface area contributed by atoms with E-state index in [1.807, 2.05) is 11.8 Å². The van der Waals surface area contributed by atoms with Gasteiger partial charge in [0, 0.05) is 45.0 Å². The van der Waals surface area contributed by atoms with E-state index in [1.165, 1.54) is 0 Å². The van der Waals surface area contributed by atoms with Crippen LogP contribution in [0.15, 0.2) is 6.07 Å². The number of aryl methyl sites for hydroxylation is 1. The molecule has 0 N–H and O–H groups in total. The summed E-state index contributed by atoms with van der Waals surface area (Å²) in [5, 5.41) is 0. The van der Waals surface area contributed by atoms with Crippen molar-refractivity contribution in [2.24, 2.45) is 0 Å². The summed E-state index contributed by atoms with van der Waals surface area (Å²) in [6.45, 7) is 8.55. The van der Waals surface area contributed by atoms with Crippen molar-refractivity contribution in [1.82, 2.24) is 19.8 Å². The molecule has 2 aliphatic rings. The predicted molar refractivity (Wildman–Crippen MR) is 94.3 cm³/mol. The van der Waals surface area contributed by atoms with Crippen molar-refractivity contribution in [3.8, 4) is 0 Å². The smallest absolute Gasteiger partial charge is 0.409 e. The number of hydrogen-bond donors (Lipinski definition) is 0. The van der Waals surface area contributed by atoms with Crippen LogP contribution in [0.25, 0.3) is 0 Å². The van der Waals surface area contributed by atoms with Crippen LogP contribution in [0.4, 0.5) is 10.7 Å². The highest BCUT2D eigenvalue weighted by molar-refractivity contribution is 5.92. The van der Waals surface area contributed by atoms with E-state index in [9.17, 15) is 9.59 Å². The van der Waals surface area contributed by atoms with Gasteiger partial charge in [-0.3, -0.25) is 4.79 Å². The standard InChI is InChI=1S/C17H25N5O4/c1-3-26-17(24)22-6-4-20(5-7-22)15(23)14-12-13(2)18-16(19-14)21-8-10-25-11-9-21/h12H,3-11H2,1-2H3. The second-order valence-electron chi connectivity index (χ2n) is 6.27. The largest absolute Gasteiger partial charge is 0.450 e. The normalized spacial score (nSPS) is 18.0. The molecule has 2 aliphatic heterocycles. The van der Waals surface area contributed by atoms with Crippen molar-refractivity contribution in [1.29, 1.82) is 0 Å². The third kappa shape index (κ3) is 4.21. The van der Waals surface area contributed by atoms with Gasteiger partial charge in [0.1, 0.15) is 5.69 Å². The third-order valence-electron chi connectivity index (χ3n) is 4.45. The first-order valence-corrected chi connectivity index (χ1v) is 8.98. The second kappa shape index (κ2) is 8.31. The van der Waals surface area contributed by atoms with E-state index < -0.39 is 0 Å². The van der Waals surface area contributed by atoms with Gasteiger partial charge in [-0.15, -0.1) is 0 Å². The molecule has 9 nitrogen and oxygen atoms in total. The summed E-state index contributed by atoms with van der Waals surface area (Å²) in [5.41, 5.74) is 1.15. The van der Waals surface area contributed by atoms with Crippen LogP contribution in [0, 0.1) is 6.92 Å². The Labute approximate surface area is 152 Å². The Kier molecular flexibility index (Phi) is 5.87. The van der Waals surface area contributed by atoms with E-state index in [2.05, 4.69) is 9.97 Å². The molecule has 0 spiro atoms. The number of carbonyl (C=O) groups excluding carboxylic acids is 2. The topological polar surface area (TPSA) is 88.1 Å². The first-order chi connectivity index (χ1) is 12.6. The lowest BCUT2D eigenvalue weighted by Crippen LogP contribution is -2.51. The molecule has 2 saturated heterocycles. The molecule has 142 valence electrons. The molecule has 0 unspecified atom stereocenters. The summed E-state index contributed by atoms with van der Waals surface area (Å²) in [7, 11) is 0. The number of morpholine rings is 1. The van der Waals surface area contributed by atoms with Crippen molar-refractivity contribution in [2.75, 3.05) is 64.0 Å².